The van der Waals surface area contributed by atoms with Crippen molar-refractivity contribution in [1.29, 1.82) is 0 Å². The third-order valence-electron chi connectivity index (χ3n) is 3.30. The fourth-order valence-electron chi connectivity index (χ4n) is 1.89. The summed E-state index contributed by atoms with van der Waals surface area (Å²) in [4.78, 5) is 21.7. The van der Waals surface area contributed by atoms with Gasteiger partial charge in [0.2, 0.25) is 0 Å². The highest BCUT2D eigenvalue weighted by atomic mass is 16.4. The molecule has 0 heterocycles. The standard InChI is InChI=1S/C12H22O4/c1-4-9(5-2)8-12(3,11(15)16)7-6-10(13)14/h9H,4-8H2,1-3H3,(H,13,14)(H,15,16). The van der Waals surface area contributed by atoms with E-state index in [1.165, 1.54) is 0 Å². The van der Waals surface area contributed by atoms with Crippen molar-refractivity contribution in [3.63, 3.8) is 0 Å². The minimum atomic E-state index is -0.933. The first-order valence-electron chi connectivity index (χ1n) is 5.81. The van der Waals surface area contributed by atoms with Crippen molar-refractivity contribution in [2.75, 3.05) is 0 Å². The predicted octanol–water partition coefficient (Wildman–Crippen LogP) is 2.77. The summed E-state index contributed by atoms with van der Waals surface area (Å²) >= 11 is 0. The topological polar surface area (TPSA) is 74.6 Å². The van der Waals surface area contributed by atoms with Crippen LogP contribution in [0, 0.1) is 11.3 Å². The van der Waals surface area contributed by atoms with Gasteiger partial charge in [-0.25, -0.2) is 0 Å². The summed E-state index contributed by atoms with van der Waals surface area (Å²) in [5.41, 5.74) is -0.908. The van der Waals surface area contributed by atoms with Gasteiger partial charge in [0.25, 0.3) is 0 Å². The summed E-state index contributed by atoms with van der Waals surface area (Å²) in [7, 11) is 0. The van der Waals surface area contributed by atoms with Crippen molar-refractivity contribution < 1.29 is 19.8 Å². The Kier molecular flexibility index (Phi) is 6.08. The average molecular weight is 230 g/mol. The Labute approximate surface area is 96.7 Å². The van der Waals surface area contributed by atoms with Gasteiger partial charge in [-0.15, -0.1) is 0 Å². The minimum absolute atomic E-state index is 0.0804. The van der Waals surface area contributed by atoms with Crippen molar-refractivity contribution in [2.45, 2.75) is 52.9 Å². The molecule has 4 heteroatoms. The Balaban J connectivity index is 4.55. The van der Waals surface area contributed by atoms with Crippen LogP contribution in [0.2, 0.25) is 0 Å². The van der Waals surface area contributed by atoms with Gasteiger partial charge in [0.05, 0.1) is 5.41 Å². The van der Waals surface area contributed by atoms with Gasteiger partial charge in [0.1, 0.15) is 0 Å². The molecule has 0 rings (SSSR count). The number of carboxylic acid groups (broad SMARTS) is 2. The van der Waals surface area contributed by atoms with Crippen molar-refractivity contribution in [3.8, 4) is 0 Å². The molecule has 0 spiro atoms. The molecule has 0 aromatic carbocycles. The van der Waals surface area contributed by atoms with Gasteiger partial charge in [-0.3, -0.25) is 9.59 Å². The molecule has 2 N–H and O–H groups in total. The zero-order chi connectivity index (χ0) is 12.8. The summed E-state index contributed by atoms with van der Waals surface area (Å²) in [6.45, 7) is 5.72. The lowest BCUT2D eigenvalue weighted by Crippen LogP contribution is -2.30. The van der Waals surface area contributed by atoms with E-state index < -0.39 is 17.4 Å². The highest BCUT2D eigenvalue weighted by molar-refractivity contribution is 5.75. The minimum Gasteiger partial charge on any atom is -0.481 e. The number of hydrogen-bond donors (Lipinski definition) is 2. The number of hydrogen-bond acceptors (Lipinski definition) is 2. The molecule has 4 nitrogen and oxygen atoms in total. The molecule has 0 fully saturated rings. The number of carboxylic acids is 2. The van der Waals surface area contributed by atoms with Crippen LogP contribution in [0.15, 0.2) is 0 Å². The van der Waals surface area contributed by atoms with E-state index in [4.69, 9.17) is 5.11 Å². The number of carbonyl (C=O) groups is 2. The van der Waals surface area contributed by atoms with Crippen molar-refractivity contribution >= 4 is 11.9 Å². The Morgan fingerprint density at radius 3 is 2.00 bits per heavy atom. The van der Waals surface area contributed by atoms with Gasteiger partial charge >= 0.3 is 11.9 Å². The molecule has 0 bridgehead atoms. The monoisotopic (exact) mass is 230 g/mol. The maximum Gasteiger partial charge on any atom is 0.309 e. The van der Waals surface area contributed by atoms with Crippen molar-refractivity contribution in [2.24, 2.45) is 11.3 Å². The molecule has 1 atom stereocenters. The first-order chi connectivity index (χ1) is 7.35. The lowest BCUT2D eigenvalue weighted by Gasteiger charge is -2.28. The quantitative estimate of drug-likeness (QED) is 0.672. The van der Waals surface area contributed by atoms with Crippen LogP contribution in [-0.4, -0.2) is 22.2 Å². The zero-order valence-corrected chi connectivity index (χ0v) is 10.3. The summed E-state index contributed by atoms with van der Waals surface area (Å²) in [5.74, 6) is -1.47. The molecule has 1 unspecified atom stereocenters. The van der Waals surface area contributed by atoms with Gasteiger partial charge in [-0.2, -0.15) is 0 Å². The molecule has 16 heavy (non-hydrogen) atoms. The van der Waals surface area contributed by atoms with E-state index in [9.17, 15) is 14.7 Å². The Morgan fingerprint density at radius 2 is 1.69 bits per heavy atom. The second kappa shape index (κ2) is 6.51. The average Bonchev–Trinajstić information content (AvgIpc) is 2.22. The number of aliphatic carboxylic acids is 2. The van der Waals surface area contributed by atoms with Gasteiger partial charge in [-0.1, -0.05) is 26.7 Å². The van der Waals surface area contributed by atoms with Crippen molar-refractivity contribution in [3.05, 3.63) is 0 Å². The molecule has 0 aromatic rings. The fourth-order valence-corrected chi connectivity index (χ4v) is 1.89. The lowest BCUT2D eigenvalue weighted by atomic mass is 9.76. The second-order valence-corrected chi connectivity index (χ2v) is 4.65. The van der Waals surface area contributed by atoms with E-state index in [0.29, 0.717) is 12.3 Å². The molecular weight excluding hydrogens is 208 g/mol. The highest BCUT2D eigenvalue weighted by Gasteiger charge is 2.35. The third kappa shape index (κ3) is 4.64. The van der Waals surface area contributed by atoms with Gasteiger partial charge in [0, 0.05) is 6.42 Å². The summed E-state index contributed by atoms with van der Waals surface area (Å²) in [6, 6.07) is 0. The molecule has 0 aliphatic carbocycles. The first-order valence-corrected chi connectivity index (χ1v) is 5.81. The second-order valence-electron chi connectivity index (χ2n) is 4.65. The van der Waals surface area contributed by atoms with Gasteiger partial charge < -0.3 is 10.2 Å². The molecule has 94 valence electrons. The van der Waals surface area contributed by atoms with Crippen LogP contribution in [0.5, 0.6) is 0 Å². The van der Waals surface area contributed by atoms with Crippen LogP contribution in [0.3, 0.4) is 0 Å². The molecular formula is C12H22O4. The van der Waals surface area contributed by atoms with Gasteiger partial charge in [-0.05, 0) is 25.7 Å². The van der Waals surface area contributed by atoms with E-state index in [0.717, 1.165) is 12.8 Å². The lowest BCUT2D eigenvalue weighted by molar-refractivity contribution is -0.150. The number of rotatable bonds is 8. The van der Waals surface area contributed by atoms with E-state index in [1.54, 1.807) is 6.92 Å². The maximum atomic E-state index is 11.2. The Bertz CT molecular complexity index is 245. The Morgan fingerprint density at radius 1 is 1.19 bits per heavy atom. The summed E-state index contributed by atoms with van der Waals surface area (Å²) in [5, 5.41) is 17.8. The molecule has 0 saturated carbocycles. The zero-order valence-electron chi connectivity index (χ0n) is 10.3. The van der Waals surface area contributed by atoms with Crippen LogP contribution in [0.1, 0.15) is 52.9 Å². The molecule has 0 saturated heterocycles. The largest absolute Gasteiger partial charge is 0.481 e. The van der Waals surface area contributed by atoms with Crippen LogP contribution in [0.25, 0.3) is 0 Å². The van der Waals surface area contributed by atoms with Crippen LogP contribution in [-0.2, 0) is 9.59 Å². The first kappa shape index (κ1) is 14.9. The highest BCUT2D eigenvalue weighted by Crippen LogP contribution is 2.34. The molecule has 0 aromatic heterocycles. The van der Waals surface area contributed by atoms with Gasteiger partial charge in [0.15, 0.2) is 0 Å². The van der Waals surface area contributed by atoms with E-state index >= 15 is 0 Å². The third-order valence-corrected chi connectivity index (χ3v) is 3.30. The smallest absolute Gasteiger partial charge is 0.309 e. The summed E-state index contributed by atoms with van der Waals surface area (Å²) in [6.07, 6.45) is 2.55. The van der Waals surface area contributed by atoms with E-state index in [-0.39, 0.29) is 12.8 Å². The van der Waals surface area contributed by atoms with Crippen LogP contribution < -0.4 is 0 Å². The molecule has 0 radical (unpaired) electrons. The van der Waals surface area contributed by atoms with Crippen LogP contribution >= 0.6 is 0 Å². The SMILES string of the molecule is CCC(CC)CC(C)(CCC(=O)O)C(=O)O. The normalized spacial score (nSPS) is 14.8. The molecule has 0 aliphatic heterocycles. The maximum absolute atomic E-state index is 11.2. The Hall–Kier alpha value is -1.06. The van der Waals surface area contributed by atoms with Crippen molar-refractivity contribution in [1.82, 2.24) is 0 Å². The van der Waals surface area contributed by atoms with E-state index in [2.05, 4.69) is 0 Å². The van der Waals surface area contributed by atoms with E-state index in [1.807, 2.05) is 13.8 Å². The fraction of sp³-hybridized carbons (Fsp3) is 0.833. The van der Waals surface area contributed by atoms with Crippen LogP contribution in [0.4, 0.5) is 0 Å². The molecule has 0 aliphatic rings. The summed E-state index contributed by atoms with van der Waals surface area (Å²) < 4.78 is 0. The predicted molar refractivity (Wildman–Crippen MR) is 61.3 cm³/mol. The molecule has 0 amide bonds.